The maximum atomic E-state index is 5.90. The Balaban J connectivity index is 2.10. The quantitative estimate of drug-likeness (QED) is 0.764. The minimum Gasteiger partial charge on any atom is -0.384 e. The molecule has 1 unspecified atom stereocenters. The van der Waals surface area contributed by atoms with Crippen LogP contribution in [0.25, 0.3) is 5.57 Å². The van der Waals surface area contributed by atoms with Gasteiger partial charge in [-0.05, 0) is 47.9 Å². The molecule has 0 amide bonds. The molecule has 0 aliphatic heterocycles. The second-order valence-corrected chi connectivity index (χ2v) is 5.62. The SMILES string of the molecule is COCC1(C)CC=C(c2ccc(Cl)cc2)CC1. The summed E-state index contributed by atoms with van der Waals surface area (Å²) >= 11 is 5.90. The topological polar surface area (TPSA) is 9.23 Å². The van der Waals surface area contributed by atoms with E-state index in [4.69, 9.17) is 16.3 Å². The summed E-state index contributed by atoms with van der Waals surface area (Å²) in [7, 11) is 1.78. The van der Waals surface area contributed by atoms with Crippen LogP contribution in [0.3, 0.4) is 0 Å². The first-order chi connectivity index (χ1) is 8.13. The number of hydrogen-bond acceptors (Lipinski definition) is 1. The van der Waals surface area contributed by atoms with Gasteiger partial charge >= 0.3 is 0 Å². The fraction of sp³-hybridized carbons (Fsp3) is 0.467. The molecule has 2 rings (SSSR count). The lowest BCUT2D eigenvalue weighted by Crippen LogP contribution is -2.24. The number of rotatable bonds is 3. The number of halogens is 1. The van der Waals surface area contributed by atoms with Crippen molar-refractivity contribution in [3.63, 3.8) is 0 Å². The molecule has 0 radical (unpaired) electrons. The largest absolute Gasteiger partial charge is 0.384 e. The molecule has 92 valence electrons. The monoisotopic (exact) mass is 250 g/mol. The third kappa shape index (κ3) is 3.11. The van der Waals surface area contributed by atoms with Gasteiger partial charge in [0, 0.05) is 12.1 Å². The molecule has 1 aromatic carbocycles. The molecule has 0 bridgehead atoms. The van der Waals surface area contributed by atoms with Gasteiger partial charge in [0.2, 0.25) is 0 Å². The standard InChI is InChI=1S/C15H19ClO/c1-15(11-17-2)9-7-13(8-10-15)12-3-5-14(16)6-4-12/h3-7H,8-11H2,1-2H3. The molecule has 1 nitrogen and oxygen atoms in total. The molecule has 0 N–H and O–H groups in total. The normalized spacial score (nSPS) is 24.5. The van der Waals surface area contributed by atoms with Gasteiger partial charge in [0.15, 0.2) is 0 Å². The van der Waals surface area contributed by atoms with E-state index in [9.17, 15) is 0 Å². The van der Waals surface area contributed by atoms with Crippen molar-refractivity contribution >= 4 is 17.2 Å². The van der Waals surface area contributed by atoms with Crippen molar-refractivity contribution < 1.29 is 4.74 Å². The summed E-state index contributed by atoms with van der Waals surface area (Å²) in [6.07, 6.45) is 5.77. The van der Waals surface area contributed by atoms with Crippen LogP contribution in [0, 0.1) is 5.41 Å². The molecule has 1 aliphatic carbocycles. The maximum absolute atomic E-state index is 5.90. The van der Waals surface area contributed by atoms with Gasteiger partial charge in [-0.2, -0.15) is 0 Å². The Morgan fingerprint density at radius 3 is 2.53 bits per heavy atom. The number of hydrogen-bond donors (Lipinski definition) is 0. The molecule has 0 saturated carbocycles. The van der Waals surface area contributed by atoms with E-state index >= 15 is 0 Å². The first-order valence-corrected chi connectivity index (χ1v) is 6.45. The van der Waals surface area contributed by atoms with Crippen LogP contribution in [0.15, 0.2) is 30.3 Å². The summed E-state index contributed by atoms with van der Waals surface area (Å²) in [5, 5.41) is 0.800. The third-order valence-corrected chi connectivity index (χ3v) is 3.80. The Bertz CT molecular complexity index is 407. The van der Waals surface area contributed by atoms with Crippen molar-refractivity contribution in [1.82, 2.24) is 0 Å². The van der Waals surface area contributed by atoms with Crippen molar-refractivity contribution in [3.05, 3.63) is 40.9 Å². The van der Waals surface area contributed by atoms with Gasteiger partial charge in [-0.1, -0.05) is 36.7 Å². The Morgan fingerprint density at radius 1 is 1.29 bits per heavy atom. The summed E-state index contributed by atoms with van der Waals surface area (Å²) in [4.78, 5) is 0. The van der Waals surface area contributed by atoms with Crippen LogP contribution in [-0.4, -0.2) is 13.7 Å². The highest BCUT2D eigenvalue weighted by atomic mass is 35.5. The van der Waals surface area contributed by atoms with Crippen molar-refractivity contribution in [2.75, 3.05) is 13.7 Å². The Kier molecular flexibility index (Phi) is 3.90. The molecule has 0 heterocycles. The fourth-order valence-corrected chi connectivity index (χ4v) is 2.54. The van der Waals surface area contributed by atoms with E-state index in [2.05, 4.69) is 25.1 Å². The predicted molar refractivity (Wildman–Crippen MR) is 73.3 cm³/mol. The van der Waals surface area contributed by atoms with E-state index in [-0.39, 0.29) is 0 Å². The smallest absolute Gasteiger partial charge is 0.0519 e. The molecule has 0 saturated heterocycles. The Morgan fingerprint density at radius 2 is 2.00 bits per heavy atom. The average molecular weight is 251 g/mol. The zero-order valence-electron chi connectivity index (χ0n) is 10.5. The molecule has 1 aliphatic rings. The molecule has 2 heteroatoms. The van der Waals surface area contributed by atoms with Gasteiger partial charge in [0.1, 0.15) is 0 Å². The van der Waals surface area contributed by atoms with Crippen molar-refractivity contribution in [2.45, 2.75) is 26.2 Å². The zero-order chi connectivity index (χ0) is 12.3. The van der Waals surface area contributed by atoms with Crippen molar-refractivity contribution in [2.24, 2.45) is 5.41 Å². The molecule has 0 fully saturated rings. The van der Waals surface area contributed by atoms with Crippen molar-refractivity contribution in [1.29, 1.82) is 0 Å². The average Bonchev–Trinajstić information content (AvgIpc) is 2.31. The summed E-state index contributed by atoms with van der Waals surface area (Å²) in [5.41, 5.74) is 3.05. The van der Waals surface area contributed by atoms with Gasteiger partial charge in [0.05, 0.1) is 6.61 Å². The maximum Gasteiger partial charge on any atom is 0.0519 e. The van der Waals surface area contributed by atoms with Crippen LogP contribution in [0.5, 0.6) is 0 Å². The number of allylic oxidation sites excluding steroid dienone is 2. The van der Waals surface area contributed by atoms with Crippen LogP contribution >= 0.6 is 11.6 Å². The second-order valence-electron chi connectivity index (χ2n) is 5.18. The number of benzene rings is 1. The Labute approximate surface area is 108 Å². The van der Waals surface area contributed by atoms with Crippen LogP contribution in [-0.2, 0) is 4.74 Å². The van der Waals surface area contributed by atoms with E-state index < -0.39 is 0 Å². The minimum absolute atomic E-state index is 0.310. The molecule has 17 heavy (non-hydrogen) atoms. The molecule has 1 atom stereocenters. The number of ether oxygens (including phenoxy) is 1. The molecule has 1 aromatic rings. The lowest BCUT2D eigenvalue weighted by Gasteiger charge is -2.32. The first-order valence-electron chi connectivity index (χ1n) is 6.07. The van der Waals surface area contributed by atoms with E-state index in [1.54, 1.807) is 7.11 Å². The van der Waals surface area contributed by atoms with E-state index in [1.165, 1.54) is 17.6 Å². The van der Waals surface area contributed by atoms with Crippen LogP contribution < -0.4 is 0 Å². The second kappa shape index (κ2) is 5.24. The summed E-state index contributed by atoms with van der Waals surface area (Å²) in [6.45, 7) is 3.14. The van der Waals surface area contributed by atoms with E-state index in [1.807, 2.05) is 12.1 Å². The lowest BCUT2D eigenvalue weighted by molar-refractivity contribution is 0.0860. The minimum atomic E-state index is 0.310. The van der Waals surface area contributed by atoms with E-state index in [0.29, 0.717) is 5.41 Å². The van der Waals surface area contributed by atoms with Gasteiger partial charge in [-0.15, -0.1) is 0 Å². The lowest BCUT2D eigenvalue weighted by atomic mass is 9.76. The molecule has 0 spiro atoms. The van der Waals surface area contributed by atoms with Crippen molar-refractivity contribution in [3.8, 4) is 0 Å². The fourth-order valence-electron chi connectivity index (χ4n) is 2.42. The van der Waals surface area contributed by atoms with Gasteiger partial charge in [0.25, 0.3) is 0 Å². The Hall–Kier alpha value is -0.790. The summed E-state index contributed by atoms with van der Waals surface area (Å²) in [6, 6.07) is 8.13. The van der Waals surface area contributed by atoms with Gasteiger partial charge < -0.3 is 4.74 Å². The third-order valence-electron chi connectivity index (χ3n) is 3.55. The molecular formula is C15H19ClO. The van der Waals surface area contributed by atoms with E-state index in [0.717, 1.165) is 24.5 Å². The first kappa shape index (κ1) is 12.7. The molecule has 0 aromatic heterocycles. The summed E-state index contributed by atoms with van der Waals surface area (Å²) < 4.78 is 5.29. The van der Waals surface area contributed by atoms with Gasteiger partial charge in [-0.3, -0.25) is 0 Å². The number of methoxy groups -OCH3 is 1. The van der Waals surface area contributed by atoms with Crippen LogP contribution in [0.1, 0.15) is 31.7 Å². The predicted octanol–water partition coefficient (Wildman–Crippen LogP) is 4.56. The van der Waals surface area contributed by atoms with Crippen LogP contribution in [0.2, 0.25) is 5.02 Å². The highest BCUT2D eigenvalue weighted by molar-refractivity contribution is 6.30. The highest BCUT2D eigenvalue weighted by Gasteiger charge is 2.27. The summed E-state index contributed by atoms with van der Waals surface area (Å²) in [5.74, 6) is 0. The highest BCUT2D eigenvalue weighted by Crippen LogP contribution is 2.38. The molecular weight excluding hydrogens is 232 g/mol. The van der Waals surface area contributed by atoms with Gasteiger partial charge in [-0.25, -0.2) is 0 Å². The zero-order valence-corrected chi connectivity index (χ0v) is 11.3. The van der Waals surface area contributed by atoms with Crippen LogP contribution in [0.4, 0.5) is 0 Å².